The number of hydrogen-bond donors (Lipinski definition) is 2. The van der Waals surface area contributed by atoms with Crippen LogP contribution in [0.15, 0.2) is 30.3 Å². The number of carbonyl (C=O) groups is 2. The van der Waals surface area contributed by atoms with Gasteiger partial charge in [-0.05, 0) is 5.56 Å². The van der Waals surface area contributed by atoms with Gasteiger partial charge in [-0.2, -0.15) is 0 Å². The van der Waals surface area contributed by atoms with Gasteiger partial charge in [-0.15, -0.1) is 0 Å². The minimum Gasteiger partial charge on any atom is -0.458 e. The van der Waals surface area contributed by atoms with Crippen molar-refractivity contribution in [2.24, 2.45) is 0 Å². The van der Waals surface area contributed by atoms with Crippen molar-refractivity contribution < 1.29 is 24.2 Å². The van der Waals surface area contributed by atoms with Gasteiger partial charge < -0.3 is 19.9 Å². The van der Waals surface area contributed by atoms with Gasteiger partial charge in [0.2, 0.25) is 0 Å². The Kier molecular flexibility index (Phi) is 4.35. The number of ether oxygens (including phenoxy) is 2. The van der Waals surface area contributed by atoms with Gasteiger partial charge in [-0.1, -0.05) is 30.3 Å². The molecular weight excluding hydrogens is 250 g/mol. The molecule has 1 aromatic rings. The molecule has 1 aromatic carbocycles. The molecule has 0 saturated carbocycles. The second kappa shape index (κ2) is 6.19. The molecule has 1 amide bonds. The topological polar surface area (TPSA) is 84.9 Å². The normalized spacial score (nSPS) is 21.8. The summed E-state index contributed by atoms with van der Waals surface area (Å²) in [6.45, 7) is -0.110. The van der Waals surface area contributed by atoms with Gasteiger partial charge in [0, 0.05) is 6.42 Å². The number of amides is 1. The van der Waals surface area contributed by atoms with Crippen LogP contribution in [0.4, 0.5) is 4.79 Å². The third kappa shape index (κ3) is 3.69. The molecule has 1 aliphatic heterocycles. The molecule has 0 radical (unpaired) electrons. The third-order valence-corrected chi connectivity index (χ3v) is 2.77. The van der Waals surface area contributed by atoms with Crippen molar-refractivity contribution >= 4 is 12.1 Å². The van der Waals surface area contributed by atoms with Gasteiger partial charge in [0.25, 0.3) is 0 Å². The predicted molar refractivity (Wildman–Crippen MR) is 65.1 cm³/mol. The molecule has 0 aliphatic carbocycles. The molecule has 19 heavy (non-hydrogen) atoms. The van der Waals surface area contributed by atoms with Crippen molar-refractivity contribution in [2.75, 3.05) is 6.61 Å². The molecule has 6 nitrogen and oxygen atoms in total. The number of rotatable bonds is 4. The van der Waals surface area contributed by atoms with Crippen LogP contribution in [0.5, 0.6) is 0 Å². The zero-order valence-corrected chi connectivity index (χ0v) is 10.2. The number of nitrogens with one attached hydrogen (secondary N) is 1. The lowest BCUT2D eigenvalue weighted by Gasteiger charge is -2.09. The highest BCUT2D eigenvalue weighted by atomic mass is 16.6. The van der Waals surface area contributed by atoms with E-state index in [1.54, 1.807) is 0 Å². The molecule has 1 saturated heterocycles. The van der Waals surface area contributed by atoms with Gasteiger partial charge in [0.1, 0.15) is 18.8 Å². The first-order valence-corrected chi connectivity index (χ1v) is 5.97. The molecule has 0 unspecified atom stereocenters. The lowest BCUT2D eigenvalue weighted by molar-refractivity contribution is -0.144. The molecule has 1 heterocycles. The summed E-state index contributed by atoms with van der Waals surface area (Å²) in [5.74, 6) is -0.546. The van der Waals surface area contributed by atoms with Crippen LogP contribution in [0.3, 0.4) is 0 Å². The van der Waals surface area contributed by atoms with Crippen molar-refractivity contribution in [2.45, 2.75) is 25.2 Å². The predicted octanol–water partition coefficient (Wildman–Crippen LogP) is 0.589. The Bertz CT molecular complexity index is 448. The first-order valence-electron chi connectivity index (χ1n) is 5.97. The van der Waals surface area contributed by atoms with E-state index in [9.17, 15) is 9.59 Å². The maximum Gasteiger partial charge on any atom is 0.408 e. The standard InChI is InChI=1S/C13H15NO5/c15-7-10-6-11(12(16)19-10)14-13(17)18-8-9-4-2-1-3-5-9/h1-5,10-11,15H,6-8H2,(H,14,17)/t10-,11-/m1/s1. The summed E-state index contributed by atoms with van der Waals surface area (Å²) < 4.78 is 9.81. The van der Waals surface area contributed by atoms with Crippen molar-refractivity contribution in [3.05, 3.63) is 35.9 Å². The van der Waals surface area contributed by atoms with Gasteiger partial charge in [-0.25, -0.2) is 9.59 Å². The highest BCUT2D eigenvalue weighted by Gasteiger charge is 2.35. The Balaban J connectivity index is 1.77. The fourth-order valence-corrected chi connectivity index (χ4v) is 1.79. The number of benzene rings is 1. The summed E-state index contributed by atoms with van der Waals surface area (Å²) in [7, 11) is 0. The number of carbonyl (C=O) groups excluding carboxylic acids is 2. The largest absolute Gasteiger partial charge is 0.458 e. The maximum absolute atomic E-state index is 11.5. The molecule has 0 spiro atoms. The van der Waals surface area contributed by atoms with E-state index in [0.29, 0.717) is 0 Å². The van der Waals surface area contributed by atoms with Crippen LogP contribution in [0, 0.1) is 0 Å². The highest BCUT2D eigenvalue weighted by molar-refractivity contribution is 5.82. The second-order valence-electron chi connectivity index (χ2n) is 4.24. The summed E-state index contributed by atoms with van der Waals surface area (Å²) in [5.41, 5.74) is 0.861. The fourth-order valence-electron chi connectivity index (χ4n) is 1.79. The van der Waals surface area contributed by atoms with E-state index in [1.807, 2.05) is 30.3 Å². The molecular formula is C13H15NO5. The van der Waals surface area contributed by atoms with E-state index in [-0.39, 0.29) is 19.6 Å². The minimum atomic E-state index is -0.750. The van der Waals surface area contributed by atoms with Crippen LogP contribution in [0.2, 0.25) is 0 Å². The number of hydrogen-bond acceptors (Lipinski definition) is 5. The first kappa shape index (κ1) is 13.4. The molecule has 0 aromatic heterocycles. The van der Waals surface area contributed by atoms with Gasteiger partial charge in [0.15, 0.2) is 0 Å². The van der Waals surface area contributed by atoms with E-state index in [0.717, 1.165) is 5.56 Å². The minimum absolute atomic E-state index is 0.137. The number of alkyl carbamates (subject to hydrolysis) is 1. The van der Waals surface area contributed by atoms with Crippen molar-refractivity contribution in [1.82, 2.24) is 5.32 Å². The van der Waals surface area contributed by atoms with E-state index < -0.39 is 24.2 Å². The summed E-state index contributed by atoms with van der Waals surface area (Å²) in [4.78, 5) is 22.9. The van der Waals surface area contributed by atoms with Gasteiger partial charge >= 0.3 is 12.1 Å². The Hall–Kier alpha value is -2.08. The molecule has 102 valence electrons. The summed E-state index contributed by atoms with van der Waals surface area (Å²) in [5, 5.41) is 11.3. The number of esters is 1. The average molecular weight is 265 g/mol. The van der Waals surface area contributed by atoms with Crippen LogP contribution < -0.4 is 5.32 Å². The lowest BCUT2D eigenvalue weighted by atomic mass is 10.2. The summed E-state index contributed by atoms with van der Waals surface area (Å²) in [6, 6.07) is 8.47. The van der Waals surface area contributed by atoms with Crippen LogP contribution in [-0.2, 0) is 20.9 Å². The van der Waals surface area contributed by atoms with Crippen molar-refractivity contribution in [3.63, 3.8) is 0 Å². The monoisotopic (exact) mass is 265 g/mol. The van der Waals surface area contributed by atoms with Crippen molar-refractivity contribution in [1.29, 1.82) is 0 Å². The quantitative estimate of drug-likeness (QED) is 0.778. The van der Waals surface area contributed by atoms with Crippen LogP contribution in [0.25, 0.3) is 0 Å². The molecule has 6 heteroatoms. The van der Waals surface area contributed by atoms with Crippen molar-refractivity contribution in [3.8, 4) is 0 Å². The third-order valence-electron chi connectivity index (χ3n) is 2.77. The van der Waals surface area contributed by atoms with Crippen LogP contribution >= 0.6 is 0 Å². The zero-order chi connectivity index (χ0) is 13.7. The van der Waals surface area contributed by atoms with Crippen LogP contribution in [-0.4, -0.2) is 35.9 Å². The molecule has 2 N–H and O–H groups in total. The summed E-state index contributed by atoms with van der Waals surface area (Å²) >= 11 is 0. The number of aliphatic hydroxyl groups is 1. The Morgan fingerprint density at radius 2 is 2.16 bits per heavy atom. The smallest absolute Gasteiger partial charge is 0.408 e. The number of aliphatic hydroxyl groups excluding tert-OH is 1. The average Bonchev–Trinajstić information content (AvgIpc) is 2.78. The van der Waals surface area contributed by atoms with E-state index in [4.69, 9.17) is 14.6 Å². The van der Waals surface area contributed by atoms with E-state index in [1.165, 1.54) is 0 Å². The SMILES string of the molecule is O=C(N[C@@H]1C[C@H](CO)OC1=O)OCc1ccccc1. The van der Waals surface area contributed by atoms with E-state index in [2.05, 4.69) is 5.32 Å². The Morgan fingerprint density at radius 1 is 1.42 bits per heavy atom. The lowest BCUT2D eigenvalue weighted by Crippen LogP contribution is -2.38. The van der Waals surface area contributed by atoms with E-state index >= 15 is 0 Å². The fraction of sp³-hybridized carbons (Fsp3) is 0.385. The van der Waals surface area contributed by atoms with Gasteiger partial charge in [0.05, 0.1) is 6.61 Å². The molecule has 0 bridgehead atoms. The number of cyclic esters (lactones) is 1. The molecule has 1 fully saturated rings. The maximum atomic E-state index is 11.5. The second-order valence-corrected chi connectivity index (χ2v) is 4.24. The highest BCUT2D eigenvalue weighted by Crippen LogP contribution is 2.14. The first-order chi connectivity index (χ1) is 9.19. The van der Waals surface area contributed by atoms with Gasteiger partial charge in [-0.3, -0.25) is 0 Å². The zero-order valence-electron chi connectivity index (χ0n) is 10.2. The summed E-state index contributed by atoms with van der Waals surface area (Å²) in [6.07, 6.45) is -0.966. The van der Waals surface area contributed by atoms with Crippen LogP contribution in [0.1, 0.15) is 12.0 Å². The molecule has 2 rings (SSSR count). The molecule has 1 aliphatic rings. The Morgan fingerprint density at radius 3 is 2.79 bits per heavy atom. The Labute approximate surface area is 110 Å². The molecule has 2 atom stereocenters.